The molecule has 1 aromatic carbocycles. The fraction of sp³-hybridized carbons (Fsp3) is 0.278. The van der Waals surface area contributed by atoms with Gasteiger partial charge in [0.15, 0.2) is 0 Å². The summed E-state index contributed by atoms with van der Waals surface area (Å²) in [7, 11) is -1.35. The molecular formula is C18H21N3O2S2. The first-order valence-electron chi connectivity index (χ1n) is 8.13. The lowest BCUT2D eigenvalue weighted by molar-refractivity contribution is 0.599. The van der Waals surface area contributed by atoms with Crippen LogP contribution in [0.3, 0.4) is 0 Å². The Labute approximate surface area is 152 Å². The standard InChI is InChI=1S/C18H21N3O2S2/c1-4-24-21(25(22,23)5-2)16-10-15(12-19-13-16)18-11-14-8-6-7-9-17(14)20(18)3/h6-13H,4-5H2,1-3H3. The summed E-state index contributed by atoms with van der Waals surface area (Å²) in [6.07, 6.45) is 3.37. The van der Waals surface area contributed by atoms with Crippen LogP contribution in [0.15, 0.2) is 48.8 Å². The second kappa shape index (κ2) is 7.09. The maximum absolute atomic E-state index is 12.4. The zero-order valence-corrected chi connectivity index (χ0v) is 16.1. The maximum atomic E-state index is 12.4. The van der Waals surface area contributed by atoms with Crippen molar-refractivity contribution in [2.45, 2.75) is 13.8 Å². The van der Waals surface area contributed by atoms with Crippen molar-refractivity contribution >= 4 is 38.6 Å². The molecule has 3 rings (SSSR count). The second-order valence-electron chi connectivity index (χ2n) is 5.62. The Morgan fingerprint density at radius 1 is 1.16 bits per heavy atom. The summed E-state index contributed by atoms with van der Waals surface area (Å²) >= 11 is 1.27. The van der Waals surface area contributed by atoms with Gasteiger partial charge in [-0.05, 0) is 37.1 Å². The van der Waals surface area contributed by atoms with Crippen LogP contribution in [0.4, 0.5) is 5.69 Å². The molecule has 0 N–H and O–H groups in total. The van der Waals surface area contributed by atoms with Crippen LogP contribution in [-0.2, 0) is 17.1 Å². The Hall–Kier alpha value is -1.99. The Balaban J connectivity index is 2.10. The number of para-hydroxylation sites is 1. The number of nitrogens with zero attached hydrogens (tertiary/aromatic N) is 3. The third kappa shape index (κ3) is 3.39. The van der Waals surface area contributed by atoms with Crippen LogP contribution in [0.1, 0.15) is 13.8 Å². The SMILES string of the molecule is CCSN(c1cncc(-c2cc3ccccc3n2C)c1)S(=O)(=O)CC. The summed E-state index contributed by atoms with van der Waals surface area (Å²) in [5, 5.41) is 1.14. The van der Waals surface area contributed by atoms with Gasteiger partial charge in [-0.15, -0.1) is 0 Å². The van der Waals surface area contributed by atoms with Crippen LogP contribution in [0, 0.1) is 0 Å². The largest absolute Gasteiger partial charge is 0.344 e. The van der Waals surface area contributed by atoms with Crippen LogP contribution >= 0.6 is 11.9 Å². The fourth-order valence-electron chi connectivity index (χ4n) is 2.78. The van der Waals surface area contributed by atoms with E-state index in [1.165, 1.54) is 15.7 Å². The normalized spacial score (nSPS) is 11.8. The van der Waals surface area contributed by atoms with Crippen molar-refractivity contribution in [2.24, 2.45) is 7.05 Å². The molecule has 0 spiro atoms. The Morgan fingerprint density at radius 2 is 1.92 bits per heavy atom. The van der Waals surface area contributed by atoms with E-state index in [2.05, 4.69) is 27.8 Å². The number of hydrogen-bond acceptors (Lipinski definition) is 4. The molecule has 0 saturated carbocycles. The van der Waals surface area contributed by atoms with Crippen LogP contribution in [0.5, 0.6) is 0 Å². The molecule has 7 heteroatoms. The van der Waals surface area contributed by atoms with E-state index < -0.39 is 10.0 Å². The number of aryl methyl sites for hydroxylation is 1. The molecule has 0 radical (unpaired) electrons. The average Bonchev–Trinajstić information content (AvgIpc) is 2.97. The van der Waals surface area contributed by atoms with E-state index in [0.29, 0.717) is 11.4 Å². The molecule has 0 fully saturated rings. The predicted molar refractivity (Wildman–Crippen MR) is 106 cm³/mol. The van der Waals surface area contributed by atoms with Gasteiger partial charge >= 0.3 is 0 Å². The Bertz CT molecular complexity index is 996. The first-order valence-corrected chi connectivity index (χ1v) is 10.7. The van der Waals surface area contributed by atoms with Gasteiger partial charge in [0.1, 0.15) is 0 Å². The fourth-order valence-corrected chi connectivity index (χ4v) is 5.20. The molecule has 5 nitrogen and oxygen atoms in total. The third-order valence-electron chi connectivity index (χ3n) is 4.05. The molecule has 0 aliphatic rings. The van der Waals surface area contributed by atoms with Gasteiger partial charge in [-0.25, -0.2) is 12.1 Å². The minimum Gasteiger partial charge on any atom is -0.344 e. The van der Waals surface area contributed by atoms with Crippen molar-refractivity contribution in [3.8, 4) is 11.3 Å². The number of anilines is 1. The van der Waals surface area contributed by atoms with Crippen LogP contribution in [0.25, 0.3) is 22.2 Å². The van der Waals surface area contributed by atoms with Crippen LogP contribution < -0.4 is 3.71 Å². The number of hydrogen-bond donors (Lipinski definition) is 0. The molecule has 2 heterocycles. The van der Waals surface area contributed by atoms with Gasteiger partial charge in [0.25, 0.3) is 0 Å². The third-order valence-corrected chi connectivity index (χ3v) is 7.19. The quantitative estimate of drug-likeness (QED) is 0.610. The lowest BCUT2D eigenvalue weighted by Crippen LogP contribution is -2.26. The zero-order valence-electron chi connectivity index (χ0n) is 14.5. The minimum atomic E-state index is -3.36. The van der Waals surface area contributed by atoms with Crippen LogP contribution in [0.2, 0.25) is 0 Å². The van der Waals surface area contributed by atoms with Crippen molar-refractivity contribution in [1.82, 2.24) is 9.55 Å². The van der Waals surface area contributed by atoms with Gasteiger partial charge < -0.3 is 4.57 Å². The molecule has 0 atom stereocenters. The van der Waals surface area contributed by atoms with Crippen molar-refractivity contribution in [2.75, 3.05) is 15.2 Å². The number of pyridine rings is 1. The number of sulfonamides is 1. The number of aromatic nitrogens is 2. The lowest BCUT2D eigenvalue weighted by Gasteiger charge is -2.21. The van der Waals surface area contributed by atoms with Gasteiger partial charge in [-0.2, -0.15) is 0 Å². The van der Waals surface area contributed by atoms with Crippen molar-refractivity contribution in [3.63, 3.8) is 0 Å². The highest BCUT2D eigenvalue weighted by atomic mass is 32.3. The molecule has 25 heavy (non-hydrogen) atoms. The molecule has 0 bridgehead atoms. The summed E-state index contributed by atoms with van der Waals surface area (Å²) in [5.41, 5.74) is 3.61. The van der Waals surface area contributed by atoms with Gasteiger partial charge in [0.2, 0.25) is 10.0 Å². The summed E-state index contributed by atoms with van der Waals surface area (Å²) in [6, 6.07) is 12.1. The summed E-state index contributed by atoms with van der Waals surface area (Å²) in [6.45, 7) is 3.59. The smallest absolute Gasteiger partial charge is 0.244 e. The Kier molecular flexibility index (Phi) is 5.06. The first-order chi connectivity index (χ1) is 12.0. The van der Waals surface area contributed by atoms with Gasteiger partial charge in [-0.1, -0.05) is 25.1 Å². The first kappa shape index (κ1) is 17.8. The van der Waals surface area contributed by atoms with E-state index >= 15 is 0 Å². The lowest BCUT2D eigenvalue weighted by atomic mass is 10.2. The molecule has 0 unspecified atom stereocenters. The zero-order chi connectivity index (χ0) is 18.0. The minimum absolute atomic E-state index is 0.0538. The Morgan fingerprint density at radius 3 is 2.60 bits per heavy atom. The highest BCUT2D eigenvalue weighted by Crippen LogP contribution is 2.32. The van der Waals surface area contributed by atoms with E-state index in [0.717, 1.165) is 22.2 Å². The van der Waals surface area contributed by atoms with Crippen LogP contribution in [-0.4, -0.2) is 29.5 Å². The van der Waals surface area contributed by atoms with Gasteiger partial charge in [-0.3, -0.25) is 4.98 Å². The molecule has 0 aliphatic carbocycles. The molecule has 132 valence electrons. The summed E-state index contributed by atoms with van der Waals surface area (Å²) < 4.78 is 28.3. The van der Waals surface area contributed by atoms with Gasteiger partial charge in [0.05, 0.1) is 23.3 Å². The summed E-state index contributed by atoms with van der Waals surface area (Å²) in [5.74, 6) is 0.718. The topological polar surface area (TPSA) is 55.2 Å². The van der Waals surface area contributed by atoms with E-state index in [4.69, 9.17) is 0 Å². The molecular weight excluding hydrogens is 354 g/mol. The van der Waals surface area contributed by atoms with E-state index in [1.54, 1.807) is 19.3 Å². The molecule has 0 aliphatic heterocycles. The van der Waals surface area contributed by atoms with E-state index in [-0.39, 0.29) is 5.75 Å². The number of fused-ring (bicyclic) bond motifs is 1. The molecule has 0 amide bonds. The number of benzene rings is 1. The van der Waals surface area contributed by atoms with E-state index in [1.807, 2.05) is 32.2 Å². The van der Waals surface area contributed by atoms with E-state index in [9.17, 15) is 8.42 Å². The molecule has 0 saturated heterocycles. The second-order valence-corrected chi connectivity index (χ2v) is 9.16. The highest BCUT2D eigenvalue weighted by Gasteiger charge is 2.22. The molecule has 2 aromatic heterocycles. The monoisotopic (exact) mass is 375 g/mol. The number of rotatable bonds is 6. The van der Waals surface area contributed by atoms with Crippen molar-refractivity contribution < 1.29 is 8.42 Å². The van der Waals surface area contributed by atoms with Crippen molar-refractivity contribution in [1.29, 1.82) is 0 Å². The predicted octanol–water partition coefficient (Wildman–Crippen LogP) is 4.06. The highest BCUT2D eigenvalue weighted by molar-refractivity contribution is 8.14. The average molecular weight is 376 g/mol. The summed E-state index contributed by atoms with van der Waals surface area (Å²) in [4.78, 5) is 4.29. The van der Waals surface area contributed by atoms with Crippen molar-refractivity contribution in [3.05, 3.63) is 48.8 Å². The maximum Gasteiger partial charge on any atom is 0.244 e. The van der Waals surface area contributed by atoms with Gasteiger partial charge in [0, 0.05) is 35.5 Å². The molecule has 3 aromatic rings.